The monoisotopic (exact) mass is 358 g/mol. The Bertz CT molecular complexity index is 673. The minimum Gasteiger partial charge on any atom is -0.459 e. The number of nitrogens with one attached hydrogen (secondary N) is 1. The highest BCUT2D eigenvalue weighted by Crippen LogP contribution is 2.29. The molecule has 0 saturated carbocycles. The lowest BCUT2D eigenvalue weighted by Crippen LogP contribution is -2.42. The van der Waals surface area contributed by atoms with E-state index in [4.69, 9.17) is 4.74 Å². The Labute approximate surface area is 153 Å². The summed E-state index contributed by atoms with van der Waals surface area (Å²) in [6.07, 6.45) is 2.60. The van der Waals surface area contributed by atoms with Crippen LogP contribution in [0.1, 0.15) is 60.2 Å². The number of nitrogens with zero attached hydrogens (tertiary/aromatic N) is 1. The molecule has 0 aliphatic carbocycles. The molecule has 0 spiro atoms. The van der Waals surface area contributed by atoms with E-state index in [-0.39, 0.29) is 30.7 Å². The van der Waals surface area contributed by atoms with Crippen LogP contribution in [0.4, 0.5) is 0 Å². The zero-order valence-corrected chi connectivity index (χ0v) is 15.4. The van der Waals surface area contributed by atoms with Crippen LogP contribution in [0.25, 0.3) is 0 Å². The van der Waals surface area contributed by atoms with E-state index in [2.05, 4.69) is 5.32 Å². The summed E-state index contributed by atoms with van der Waals surface area (Å²) in [5, 5.41) is 3.31. The van der Waals surface area contributed by atoms with Crippen molar-refractivity contribution >= 4 is 17.8 Å². The van der Waals surface area contributed by atoms with E-state index in [9.17, 15) is 14.4 Å². The lowest BCUT2D eigenvalue weighted by atomic mass is 9.83. The fraction of sp³-hybridized carbons (Fsp3) is 0.550. The SMILES string of the molecule is CC(C)(OC(=O)CCCN1C(=O)c2ccccc2C1=O)C1CCNCC1. The number of carbonyl (C=O) groups excluding carboxylic acids is 3. The Hall–Kier alpha value is -2.21. The fourth-order valence-corrected chi connectivity index (χ4v) is 3.77. The number of rotatable bonds is 6. The zero-order chi connectivity index (χ0) is 18.7. The number of fused-ring (bicyclic) bond motifs is 1. The van der Waals surface area contributed by atoms with Crippen LogP contribution in [0.3, 0.4) is 0 Å². The third-order valence-corrected chi connectivity index (χ3v) is 5.34. The molecule has 2 amide bonds. The molecule has 1 N–H and O–H groups in total. The van der Waals surface area contributed by atoms with E-state index in [1.165, 1.54) is 4.90 Å². The molecule has 2 aliphatic rings. The summed E-state index contributed by atoms with van der Waals surface area (Å²) >= 11 is 0. The molecule has 1 aromatic rings. The highest BCUT2D eigenvalue weighted by Gasteiger charge is 2.36. The van der Waals surface area contributed by atoms with E-state index in [0.29, 0.717) is 23.5 Å². The summed E-state index contributed by atoms with van der Waals surface area (Å²) in [5.74, 6) is -0.489. The van der Waals surface area contributed by atoms with Gasteiger partial charge in [-0.3, -0.25) is 19.3 Å². The molecule has 26 heavy (non-hydrogen) atoms. The summed E-state index contributed by atoms with van der Waals surface area (Å²) in [5.41, 5.74) is 0.383. The van der Waals surface area contributed by atoms with Crippen molar-refractivity contribution in [2.45, 2.75) is 45.1 Å². The Balaban J connectivity index is 1.48. The third kappa shape index (κ3) is 3.80. The second-order valence-electron chi connectivity index (χ2n) is 7.51. The van der Waals surface area contributed by atoms with E-state index in [1.807, 2.05) is 13.8 Å². The van der Waals surface area contributed by atoms with Gasteiger partial charge in [-0.1, -0.05) is 12.1 Å². The fourth-order valence-electron chi connectivity index (χ4n) is 3.77. The Morgan fingerprint density at radius 1 is 1.15 bits per heavy atom. The molecule has 2 aliphatic heterocycles. The first-order valence-electron chi connectivity index (χ1n) is 9.28. The first-order chi connectivity index (χ1) is 12.4. The predicted molar refractivity (Wildman–Crippen MR) is 96.8 cm³/mol. The van der Waals surface area contributed by atoms with E-state index < -0.39 is 5.60 Å². The van der Waals surface area contributed by atoms with Crippen molar-refractivity contribution in [1.82, 2.24) is 10.2 Å². The minimum atomic E-state index is -0.491. The molecule has 0 atom stereocenters. The molecule has 0 radical (unpaired) electrons. The van der Waals surface area contributed by atoms with Gasteiger partial charge < -0.3 is 10.1 Å². The normalized spacial score (nSPS) is 18.2. The van der Waals surface area contributed by atoms with Gasteiger partial charge in [0.05, 0.1) is 11.1 Å². The highest BCUT2D eigenvalue weighted by molar-refractivity contribution is 6.21. The molecular weight excluding hydrogens is 332 g/mol. The Morgan fingerprint density at radius 2 is 1.73 bits per heavy atom. The van der Waals surface area contributed by atoms with Crippen LogP contribution in [0.2, 0.25) is 0 Å². The number of amides is 2. The Kier molecular flexibility index (Phi) is 5.41. The average molecular weight is 358 g/mol. The van der Waals surface area contributed by atoms with E-state index >= 15 is 0 Å². The van der Waals surface area contributed by atoms with Crippen LogP contribution in [0.15, 0.2) is 24.3 Å². The second kappa shape index (κ2) is 7.58. The van der Waals surface area contributed by atoms with Crippen molar-refractivity contribution in [2.24, 2.45) is 5.92 Å². The van der Waals surface area contributed by atoms with Gasteiger partial charge in [0.15, 0.2) is 0 Å². The van der Waals surface area contributed by atoms with Gasteiger partial charge >= 0.3 is 5.97 Å². The molecule has 3 rings (SSSR count). The summed E-state index contributed by atoms with van der Waals surface area (Å²) in [7, 11) is 0. The number of ether oxygens (including phenoxy) is 1. The standard InChI is InChI=1S/C20H26N2O4/c1-20(2,14-9-11-21-12-10-14)26-17(23)8-5-13-22-18(24)15-6-3-4-7-16(15)19(22)25/h3-4,6-7,14,21H,5,8-13H2,1-2H3. The van der Waals surface area contributed by atoms with Gasteiger partial charge in [0, 0.05) is 18.9 Å². The molecule has 2 heterocycles. The van der Waals surface area contributed by atoms with Gasteiger partial charge in [-0.2, -0.15) is 0 Å². The van der Waals surface area contributed by atoms with Crippen LogP contribution < -0.4 is 5.32 Å². The topological polar surface area (TPSA) is 75.7 Å². The van der Waals surface area contributed by atoms with Gasteiger partial charge in [-0.05, 0) is 58.3 Å². The van der Waals surface area contributed by atoms with Crippen LogP contribution in [0, 0.1) is 5.92 Å². The second-order valence-corrected chi connectivity index (χ2v) is 7.51. The lowest BCUT2D eigenvalue weighted by molar-refractivity contribution is -0.163. The number of hydrogen-bond donors (Lipinski definition) is 1. The number of hydrogen-bond acceptors (Lipinski definition) is 5. The molecule has 0 aromatic heterocycles. The van der Waals surface area contributed by atoms with Crippen LogP contribution >= 0.6 is 0 Å². The average Bonchev–Trinajstić information content (AvgIpc) is 2.87. The molecule has 140 valence electrons. The van der Waals surface area contributed by atoms with E-state index in [1.54, 1.807) is 24.3 Å². The maximum Gasteiger partial charge on any atom is 0.306 e. The summed E-state index contributed by atoms with van der Waals surface area (Å²) in [6, 6.07) is 6.80. The van der Waals surface area contributed by atoms with Gasteiger partial charge in [0.25, 0.3) is 11.8 Å². The molecule has 6 heteroatoms. The van der Waals surface area contributed by atoms with Crippen LogP contribution in [-0.4, -0.2) is 47.9 Å². The summed E-state index contributed by atoms with van der Waals surface area (Å²) in [6.45, 7) is 6.06. The first-order valence-corrected chi connectivity index (χ1v) is 9.28. The highest BCUT2D eigenvalue weighted by atomic mass is 16.6. The van der Waals surface area contributed by atoms with Crippen molar-refractivity contribution in [1.29, 1.82) is 0 Å². The van der Waals surface area contributed by atoms with Crippen molar-refractivity contribution in [3.8, 4) is 0 Å². The number of carbonyl (C=O) groups is 3. The summed E-state index contributed by atoms with van der Waals surface area (Å²) < 4.78 is 5.70. The number of esters is 1. The molecule has 0 unspecified atom stereocenters. The van der Waals surface area contributed by atoms with Gasteiger partial charge in [0.1, 0.15) is 5.60 Å². The molecule has 1 saturated heterocycles. The van der Waals surface area contributed by atoms with Gasteiger partial charge in [-0.15, -0.1) is 0 Å². The number of benzene rings is 1. The Morgan fingerprint density at radius 3 is 2.31 bits per heavy atom. The smallest absolute Gasteiger partial charge is 0.306 e. The minimum absolute atomic E-state index is 0.196. The number of piperidine rings is 1. The maximum absolute atomic E-state index is 12.3. The van der Waals surface area contributed by atoms with Gasteiger partial charge in [-0.25, -0.2) is 0 Å². The largest absolute Gasteiger partial charge is 0.459 e. The maximum atomic E-state index is 12.3. The molecular formula is C20H26N2O4. The molecule has 1 aromatic carbocycles. The number of imide groups is 1. The molecule has 0 bridgehead atoms. The lowest BCUT2D eigenvalue weighted by Gasteiger charge is -2.36. The first kappa shape index (κ1) is 18.6. The van der Waals surface area contributed by atoms with Crippen LogP contribution in [0.5, 0.6) is 0 Å². The van der Waals surface area contributed by atoms with Crippen molar-refractivity contribution < 1.29 is 19.1 Å². The predicted octanol–water partition coefficient (Wildman–Crippen LogP) is 2.38. The van der Waals surface area contributed by atoms with Crippen molar-refractivity contribution in [2.75, 3.05) is 19.6 Å². The van der Waals surface area contributed by atoms with Gasteiger partial charge in [0.2, 0.25) is 0 Å². The van der Waals surface area contributed by atoms with Crippen molar-refractivity contribution in [3.63, 3.8) is 0 Å². The third-order valence-electron chi connectivity index (χ3n) is 5.34. The quantitative estimate of drug-likeness (QED) is 0.624. The summed E-state index contributed by atoms with van der Waals surface area (Å²) in [4.78, 5) is 38.1. The zero-order valence-electron chi connectivity index (χ0n) is 15.4. The van der Waals surface area contributed by atoms with Crippen LogP contribution in [-0.2, 0) is 9.53 Å². The van der Waals surface area contributed by atoms with Crippen molar-refractivity contribution in [3.05, 3.63) is 35.4 Å². The molecule has 6 nitrogen and oxygen atoms in total. The van der Waals surface area contributed by atoms with E-state index in [0.717, 1.165) is 25.9 Å². The molecule has 1 fully saturated rings.